The molecule has 0 spiro atoms. The zero-order chi connectivity index (χ0) is 14.1. The van der Waals surface area contributed by atoms with E-state index in [1.54, 1.807) is 0 Å². The zero-order valence-corrected chi connectivity index (χ0v) is 11.2. The first-order valence-electron chi connectivity index (χ1n) is 7.01. The van der Waals surface area contributed by atoms with Crippen LogP contribution in [-0.2, 0) is 9.59 Å². The predicted molar refractivity (Wildman–Crippen MR) is 74.8 cm³/mol. The highest BCUT2D eigenvalue weighted by molar-refractivity contribution is 5.81. The van der Waals surface area contributed by atoms with Crippen molar-refractivity contribution in [3.05, 3.63) is 29.8 Å². The number of nitrogens with one attached hydrogen (secondary N) is 1. The molecule has 106 valence electrons. The first kappa shape index (κ1) is 13.0. The summed E-state index contributed by atoms with van der Waals surface area (Å²) >= 11 is 0. The largest absolute Gasteiger partial charge is 0.481 e. The fourth-order valence-electron chi connectivity index (χ4n) is 3.16. The molecule has 2 aliphatic heterocycles. The number of hydrogen-bond donors (Lipinski definition) is 2. The highest BCUT2D eigenvalue weighted by Gasteiger charge is 2.31. The molecule has 5 nitrogen and oxygen atoms in total. The molecule has 2 heterocycles. The summed E-state index contributed by atoms with van der Waals surface area (Å²) in [6.07, 6.45) is 2.07. The minimum Gasteiger partial charge on any atom is -0.481 e. The maximum atomic E-state index is 11.3. The van der Waals surface area contributed by atoms with Crippen molar-refractivity contribution in [2.75, 3.05) is 18.0 Å². The molecule has 3 rings (SSSR count). The van der Waals surface area contributed by atoms with Crippen LogP contribution in [0.2, 0.25) is 0 Å². The van der Waals surface area contributed by atoms with Crippen LogP contribution in [0.1, 0.15) is 30.7 Å². The topological polar surface area (TPSA) is 69.6 Å². The molecule has 1 saturated heterocycles. The van der Waals surface area contributed by atoms with Gasteiger partial charge in [0.2, 0.25) is 5.91 Å². The van der Waals surface area contributed by atoms with Gasteiger partial charge in [-0.1, -0.05) is 18.2 Å². The molecule has 0 radical (unpaired) electrons. The van der Waals surface area contributed by atoms with E-state index in [9.17, 15) is 14.7 Å². The van der Waals surface area contributed by atoms with Crippen LogP contribution in [-0.4, -0.2) is 36.1 Å². The number of para-hydroxylation sites is 1. The van der Waals surface area contributed by atoms with E-state index in [0.717, 1.165) is 30.8 Å². The summed E-state index contributed by atoms with van der Waals surface area (Å²) in [5.74, 6) is -1.06. The van der Waals surface area contributed by atoms with Gasteiger partial charge in [0.15, 0.2) is 0 Å². The maximum absolute atomic E-state index is 11.3. The molecule has 2 atom stereocenters. The molecule has 5 heteroatoms. The number of anilines is 1. The number of rotatable bonds is 3. The Balaban J connectivity index is 1.81. The lowest BCUT2D eigenvalue weighted by molar-refractivity contribution is -0.139. The van der Waals surface area contributed by atoms with Gasteiger partial charge in [-0.25, -0.2) is 0 Å². The number of aliphatic carboxylic acids is 1. The zero-order valence-electron chi connectivity index (χ0n) is 11.2. The number of amides is 1. The van der Waals surface area contributed by atoms with Gasteiger partial charge < -0.3 is 15.3 Å². The monoisotopic (exact) mass is 274 g/mol. The van der Waals surface area contributed by atoms with E-state index in [4.69, 9.17) is 0 Å². The van der Waals surface area contributed by atoms with E-state index in [2.05, 4.69) is 10.2 Å². The Labute approximate surface area is 117 Å². The van der Waals surface area contributed by atoms with Crippen LogP contribution in [0.3, 0.4) is 0 Å². The van der Waals surface area contributed by atoms with E-state index in [-0.39, 0.29) is 11.9 Å². The van der Waals surface area contributed by atoms with Crippen molar-refractivity contribution in [1.29, 1.82) is 0 Å². The lowest BCUT2D eigenvalue weighted by Crippen LogP contribution is -2.42. The Morgan fingerprint density at radius 2 is 2.15 bits per heavy atom. The van der Waals surface area contributed by atoms with Crippen LogP contribution < -0.4 is 10.2 Å². The highest BCUT2D eigenvalue weighted by atomic mass is 16.4. The van der Waals surface area contributed by atoms with Crippen LogP contribution in [0.4, 0.5) is 5.69 Å². The Kier molecular flexibility index (Phi) is 3.34. The number of hydrogen-bond acceptors (Lipinski definition) is 3. The molecule has 0 aromatic heterocycles. The minimum absolute atomic E-state index is 0.115. The number of carbonyl (C=O) groups excluding carboxylic acids is 1. The number of fused-ring (bicyclic) bond motifs is 1. The van der Waals surface area contributed by atoms with Crippen molar-refractivity contribution in [3.8, 4) is 0 Å². The number of nitrogens with zero attached hydrogens (tertiary/aromatic N) is 1. The van der Waals surface area contributed by atoms with Crippen molar-refractivity contribution in [1.82, 2.24) is 5.32 Å². The maximum Gasteiger partial charge on any atom is 0.311 e. The lowest BCUT2D eigenvalue weighted by atomic mass is 9.89. The minimum atomic E-state index is -0.758. The van der Waals surface area contributed by atoms with Gasteiger partial charge in [0.1, 0.15) is 0 Å². The van der Waals surface area contributed by atoms with Crippen LogP contribution in [0.15, 0.2) is 24.3 Å². The van der Waals surface area contributed by atoms with Gasteiger partial charge in [-0.3, -0.25) is 9.59 Å². The van der Waals surface area contributed by atoms with Gasteiger partial charge in [0.05, 0.1) is 5.92 Å². The first-order valence-corrected chi connectivity index (χ1v) is 7.01. The molecule has 1 aromatic rings. The SMILES string of the molecule is O=C1CCC(CN2CCC(C(=O)O)c3ccccc32)N1. The fourth-order valence-corrected chi connectivity index (χ4v) is 3.16. The Morgan fingerprint density at radius 3 is 2.85 bits per heavy atom. The van der Waals surface area contributed by atoms with Crippen LogP contribution in [0.5, 0.6) is 0 Å². The Morgan fingerprint density at radius 1 is 1.35 bits per heavy atom. The molecule has 20 heavy (non-hydrogen) atoms. The van der Waals surface area contributed by atoms with Crippen LogP contribution >= 0.6 is 0 Å². The molecule has 2 unspecified atom stereocenters. The quantitative estimate of drug-likeness (QED) is 0.872. The van der Waals surface area contributed by atoms with Gasteiger partial charge in [0, 0.05) is 31.2 Å². The van der Waals surface area contributed by atoms with E-state index in [1.165, 1.54) is 0 Å². The van der Waals surface area contributed by atoms with Crippen molar-refractivity contribution >= 4 is 17.6 Å². The number of carboxylic acids is 1. The van der Waals surface area contributed by atoms with Crippen molar-refractivity contribution in [3.63, 3.8) is 0 Å². The Hall–Kier alpha value is -2.04. The smallest absolute Gasteiger partial charge is 0.311 e. The average molecular weight is 274 g/mol. The summed E-state index contributed by atoms with van der Waals surface area (Å²) in [6.45, 7) is 1.48. The van der Waals surface area contributed by atoms with E-state index < -0.39 is 11.9 Å². The summed E-state index contributed by atoms with van der Waals surface area (Å²) in [7, 11) is 0. The standard InChI is InChI=1S/C15H18N2O3/c18-14-6-5-10(16-14)9-17-8-7-12(15(19)20)11-3-1-2-4-13(11)17/h1-4,10,12H,5-9H2,(H,16,18)(H,19,20). The van der Waals surface area contributed by atoms with E-state index in [0.29, 0.717) is 12.8 Å². The third-order valence-electron chi connectivity index (χ3n) is 4.16. The molecule has 0 aliphatic carbocycles. The van der Waals surface area contributed by atoms with Crippen LogP contribution in [0.25, 0.3) is 0 Å². The molecular weight excluding hydrogens is 256 g/mol. The van der Waals surface area contributed by atoms with Gasteiger partial charge in [-0.15, -0.1) is 0 Å². The third kappa shape index (κ3) is 2.35. The summed E-state index contributed by atoms with van der Waals surface area (Å²) in [5, 5.41) is 12.3. The lowest BCUT2D eigenvalue weighted by Gasteiger charge is -2.35. The average Bonchev–Trinajstić information content (AvgIpc) is 2.84. The van der Waals surface area contributed by atoms with Crippen molar-refractivity contribution in [2.45, 2.75) is 31.2 Å². The van der Waals surface area contributed by atoms with Gasteiger partial charge in [-0.2, -0.15) is 0 Å². The molecule has 1 amide bonds. The summed E-state index contributed by atoms with van der Waals surface area (Å²) in [5.41, 5.74) is 1.88. The van der Waals surface area contributed by atoms with Gasteiger partial charge in [0.25, 0.3) is 0 Å². The molecular formula is C15H18N2O3. The second-order valence-electron chi connectivity index (χ2n) is 5.49. The predicted octanol–water partition coefficient (Wildman–Crippen LogP) is 1.34. The van der Waals surface area contributed by atoms with Gasteiger partial charge >= 0.3 is 5.97 Å². The fraction of sp³-hybridized carbons (Fsp3) is 0.467. The molecule has 2 N–H and O–H groups in total. The summed E-state index contributed by atoms with van der Waals surface area (Å²) in [4.78, 5) is 24.8. The molecule has 1 aromatic carbocycles. The normalized spacial score (nSPS) is 25.2. The number of benzene rings is 1. The summed E-state index contributed by atoms with van der Waals surface area (Å²) < 4.78 is 0. The number of carbonyl (C=O) groups is 2. The highest BCUT2D eigenvalue weighted by Crippen LogP contribution is 2.35. The molecule has 2 aliphatic rings. The second-order valence-corrected chi connectivity index (χ2v) is 5.49. The third-order valence-corrected chi connectivity index (χ3v) is 4.16. The second kappa shape index (κ2) is 5.15. The van der Waals surface area contributed by atoms with E-state index in [1.807, 2.05) is 24.3 Å². The summed E-state index contributed by atoms with van der Waals surface area (Å²) in [6, 6.07) is 7.87. The number of carboxylic acid groups (broad SMARTS) is 1. The molecule has 1 fully saturated rings. The van der Waals surface area contributed by atoms with Crippen molar-refractivity contribution in [2.24, 2.45) is 0 Å². The van der Waals surface area contributed by atoms with Crippen molar-refractivity contribution < 1.29 is 14.7 Å². The van der Waals surface area contributed by atoms with E-state index >= 15 is 0 Å². The molecule has 0 saturated carbocycles. The van der Waals surface area contributed by atoms with Gasteiger partial charge in [-0.05, 0) is 24.5 Å². The van der Waals surface area contributed by atoms with Crippen LogP contribution in [0, 0.1) is 0 Å². The Bertz CT molecular complexity index is 544. The first-order chi connectivity index (χ1) is 9.65. The molecule has 0 bridgehead atoms.